The number of carbonyl (C=O) groups excluding carboxylic acids is 2. The zero-order chi connectivity index (χ0) is 44.8. The highest BCUT2D eigenvalue weighted by molar-refractivity contribution is 5.69. The van der Waals surface area contributed by atoms with E-state index in [1.54, 1.807) is 0 Å². The molecule has 0 atom stereocenters. The standard InChI is InChI=1S/C55H93NO6/c1-5-7-9-11-13-15-17-19-21-23-25-27-29-31-33-41-54(57)61-46-37-35-44-59-52-48-51(40-39-43-56(3)4)49-53(50-52)60-45-36-38-47-62-55(58)42-34-32-30-28-26-24-22-20-18-16-14-12-10-8-6-2/h13-16,19-22,48-50H,5-12,17-18,23-47H2,1-4H3/b15-13-,16-14-,21-19-,22-20-. The third kappa shape index (κ3) is 39.5. The molecule has 0 saturated heterocycles. The molecule has 0 aromatic heterocycles. The number of ether oxygens (including phenoxy) is 4. The number of nitrogens with zero attached hydrogens (tertiary/aromatic N) is 1. The van der Waals surface area contributed by atoms with Gasteiger partial charge in [-0.3, -0.25) is 9.59 Å². The van der Waals surface area contributed by atoms with Gasteiger partial charge in [-0.1, -0.05) is 127 Å². The Balaban J connectivity index is 2.16. The summed E-state index contributed by atoms with van der Waals surface area (Å²) in [6.07, 6.45) is 50.4. The van der Waals surface area contributed by atoms with Crippen LogP contribution in [0.4, 0.5) is 0 Å². The highest BCUT2D eigenvalue weighted by Gasteiger charge is 2.07. The fraction of sp³-hybridized carbons (Fsp3) is 0.709. The van der Waals surface area contributed by atoms with Crippen LogP contribution < -0.4 is 9.47 Å². The van der Waals surface area contributed by atoms with Gasteiger partial charge in [0, 0.05) is 18.9 Å². The maximum atomic E-state index is 12.2. The Morgan fingerprint density at radius 2 is 0.839 bits per heavy atom. The summed E-state index contributed by atoms with van der Waals surface area (Å²) in [6, 6.07) is 6.19. The molecule has 0 spiro atoms. The van der Waals surface area contributed by atoms with Gasteiger partial charge < -0.3 is 23.8 Å². The van der Waals surface area contributed by atoms with Gasteiger partial charge in [0.25, 0.3) is 0 Å². The number of carbonyl (C=O) groups is 2. The number of esters is 2. The Kier molecular flexibility index (Phi) is 40.5. The smallest absolute Gasteiger partial charge is 0.305 e. The molecule has 0 heterocycles. The van der Waals surface area contributed by atoms with Crippen molar-refractivity contribution >= 4 is 11.9 Å². The zero-order valence-corrected chi connectivity index (χ0v) is 40.5. The number of allylic oxidation sites excluding steroid dienone is 8. The molecule has 7 nitrogen and oxygen atoms in total. The van der Waals surface area contributed by atoms with Crippen LogP contribution in [0.25, 0.3) is 0 Å². The Labute approximate surface area is 381 Å². The van der Waals surface area contributed by atoms with E-state index in [0.717, 1.165) is 108 Å². The Morgan fingerprint density at radius 3 is 1.26 bits per heavy atom. The van der Waals surface area contributed by atoms with E-state index in [4.69, 9.17) is 18.9 Å². The normalized spacial score (nSPS) is 11.9. The monoisotopic (exact) mass is 864 g/mol. The van der Waals surface area contributed by atoms with Crippen LogP contribution in [0.3, 0.4) is 0 Å². The number of aryl methyl sites for hydroxylation is 1. The maximum Gasteiger partial charge on any atom is 0.305 e. The maximum absolute atomic E-state index is 12.2. The minimum Gasteiger partial charge on any atom is -0.493 e. The highest BCUT2D eigenvalue weighted by atomic mass is 16.5. The summed E-state index contributed by atoms with van der Waals surface area (Å²) in [5, 5.41) is 0. The first-order valence-corrected chi connectivity index (χ1v) is 25.4. The number of rotatable bonds is 44. The van der Waals surface area contributed by atoms with E-state index in [2.05, 4.69) is 93.6 Å². The molecule has 0 unspecified atom stereocenters. The average molecular weight is 864 g/mol. The molecule has 0 N–H and O–H groups in total. The summed E-state index contributed by atoms with van der Waals surface area (Å²) in [5.41, 5.74) is 1.20. The molecule has 0 fully saturated rings. The summed E-state index contributed by atoms with van der Waals surface area (Å²) in [6.45, 7) is 7.50. The fourth-order valence-corrected chi connectivity index (χ4v) is 7.01. The van der Waals surface area contributed by atoms with Gasteiger partial charge in [0.1, 0.15) is 11.5 Å². The van der Waals surface area contributed by atoms with Crippen LogP contribution in [0.15, 0.2) is 66.8 Å². The Bertz CT molecular complexity index is 1210. The molecule has 7 heteroatoms. The van der Waals surface area contributed by atoms with E-state index >= 15 is 0 Å². The quantitative estimate of drug-likeness (QED) is 0.0367. The number of unbranched alkanes of at least 4 members (excludes halogenated alkanes) is 18. The second-order valence-electron chi connectivity index (χ2n) is 17.2. The molecule has 354 valence electrons. The third-order valence-electron chi connectivity index (χ3n) is 10.8. The molecular formula is C55H93NO6. The van der Waals surface area contributed by atoms with Crippen LogP contribution in [0.2, 0.25) is 0 Å². The van der Waals surface area contributed by atoms with E-state index in [0.29, 0.717) is 39.3 Å². The number of hydrogen-bond acceptors (Lipinski definition) is 7. The van der Waals surface area contributed by atoms with E-state index in [1.807, 2.05) is 6.07 Å². The predicted octanol–water partition coefficient (Wildman–Crippen LogP) is 15.2. The average Bonchev–Trinajstić information content (AvgIpc) is 3.25. The SMILES string of the molecule is CCCCC/C=C\C/C=C\CCCCCCCC(=O)OCCCCOc1cc(CCCN(C)C)cc(OCCCCOC(=O)CCCCCCC/C=C\C/C=C\CCCCC)c1. The van der Waals surface area contributed by atoms with Gasteiger partial charge in [-0.25, -0.2) is 0 Å². The van der Waals surface area contributed by atoms with Crippen molar-refractivity contribution in [2.75, 3.05) is 47.1 Å². The predicted molar refractivity (Wildman–Crippen MR) is 263 cm³/mol. The van der Waals surface area contributed by atoms with Crippen molar-refractivity contribution in [1.82, 2.24) is 4.90 Å². The number of hydrogen-bond donors (Lipinski definition) is 0. The van der Waals surface area contributed by atoms with Crippen LogP contribution in [0.5, 0.6) is 11.5 Å². The van der Waals surface area contributed by atoms with Crippen LogP contribution >= 0.6 is 0 Å². The molecule has 0 aliphatic heterocycles. The Hall–Kier alpha value is -3.32. The molecule has 0 amide bonds. The summed E-state index contributed by atoms with van der Waals surface area (Å²) in [7, 11) is 4.19. The first kappa shape index (κ1) is 56.7. The van der Waals surface area contributed by atoms with E-state index in [-0.39, 0.29) is 11.9 Å². The Morgan fingerprint density at radius 1 is 0.452 bits per heavy atom. The molecule has 0 saturated carbocycles. The van der Waals surface area contributed by atoms with Crippen molar-refractivity contribution in [3.8, 4) is 11.5 Å². The summed E-state index contributed by atoms with van der Waals surface area (Å²) in [5.74, 6) is 1.44. The lowest BCUT2D eigenvalue weighted by Crippen LogP contribution is -2.13. The van der Waals surface area contributed by atoms with E-state index in [1.165, 1.54) is 95.5 Å². The summed E-state index contributed by atoms with van der Waals surface area (Å²) >= 11 is 0. The molecular weight excluding hydrogens is 771 g/mol. The third-order valence-corrected chi connectivity index (χ3v) is 10.8. The minimum absolute atomic E-state index is 0.0885. The fourth-order valence-electron chi connectivity index (χ4n) is 7.01. The van der Waals surface area contributed by atoms with Crippen LogP contribution in [0.1, 0.15) is 206 Å². The van der Waals surface area contributed by atoms with Crippen molar-refractivity contribution in [2.45, 2.75) is 206 Å². The van der Waals surface area contributed by atoms with Gasteiger partial charge >= 0.3 is 11.9 Å². The highest BCUT2D eigenvalue weighted by Crippen LogP contribution is 2.25. The van der Waals surface area contributed by atoms with Gasteiger partial charge in [-0.2, -0.15) is 0 Å². The molecule has 1 aromatic rings. The molecule has 1 rings (SSSR count). The molecule has 0 radical (unpaired) electrons. The lowest BCUT2D eigenvalue weighted by Gasteiger charge is -2.14. The first-order chi connectivity index (χ1) is 30.4. The van der Waals surface area contributed by atoms with Gasteiger partial charge in [-0.05, 0) is 154 Å². The van der Waals surface area contributed by atoms with E-state index in [9.17, 15) is 9.59 Å². The second-order valence-corrected chi connectivity index (χ2v) is 17.2. The van der Waals surface area contributed by atoms with Crippen molar-refractivity contribution in [2.24, 2.45) is 0 Å². The molecule has 62 heavy (non-hydrogen) atoms. The van der Waals surface area contributed by atoms with Crippen molar-refractivity contribution in [3.63, 3.8) is 0 Å². The largest absolute Gasteiger partial charge is 0.493 e. The minimum atomic E-state index is -0.0885. The van der Waals surface area contributed by atoms with Gasteiger partial charge in [0.15, 0.2) is 0 Å². The van der Waals surface area contributed by atoms with Crippen molar-refractivity contribution in [3.05, 3.63) is 72.4 Å². The van der Waals surface area contributed by atoms with E-state index < -0.39 is 0 Å². The molecule has 0 aliphatic carbocycles. The van der Waals surface area contributed by atoms with Crippen LogP contribution in [-0.4, -0.2) is 63.9 Å². The zero-order valence-electron chi connectivity index (χ0n) is 40.5. The molecule has 0 aliphatic rings. The van der Waals surface area contributed by atoms with Gasteiger partial charge in [0.2, 0.25) is 0 Å². The van der Waals surface area contributed by atoms with Crippen molar-refractivity contribution < 1.29 is 28.5 Å². The van der Waals surface area contributed by atoms with Crippen LogP contribution in [0, 0.1) is 0 Å². The van der Waals surface area contributed by atoms with Crippen LogP contribution in [-0.2, 0) is 25.5 Å². The van der Waals surface area contributed by atoms with Crippen molar-refractivity contribution in [1.29, 1.82) is 0 Å². The first-order valence-electron chi connectivity index (χ1n) is 25.4. The number of benzene rings is 1. The summed E-state index contributed by atoms with van der Waals surface area (Å²) in [4.78, 5) is 26.7. The summed E-state index contributed by atoms with van der Waals surface area (Å²) < 4.78 is 23.3. The topological polar surface area (TPSA) is 74.3 Å². The lowest BCUT2D eigenvalue weighted by molar-refractivity contribution is -0.144. The van der Waals surface area contributed by atoms with Gasteiger partial charge in [-0.15, -0.1) is 0 Å². The second kappa shape index (κ2) is 44.3. The molecule has 0 bridgehead atoms. The molecule has 1 aromatic carbocycles. The van der Waals surface area contributed by atoms with Gasteiger partial charge in [0.05, 0.1) is 26.4 Å². The lowest BCUT2D eigenvalue weighted by atomic mass is 10.1.